The maximum Gasteiger partial charge on any atom is 0.305 e. The van der Waals surface area contributed by atoms with Gasteiger partial charge in [-0.25, -0.2) is 0 Å². The first-order valence-corrected chi connectivity index (χ1v) is 28.5. The number of unbranched alkanes of at least 4 members (excludes halogenated alkanes) is 42. The van der Waals surface area contributed by atoms with Crippen molar-refractivity contribution < 1.29 is 24.5 Å². The number of hydrogen-bond donors (Lipinski definition) is 3. The lowest BCUT2D eigenvalue weighted by Gasteiger charge is -2.20. The van der Waals surface area contributed by atoms with Crippen LogP contribution in [0.25, 0.3) is 0 Å². The van der Waals surface area contributed by atoms with Crippen LogP contribution < -0.4 is 5.32 Å². The van der Waals surface area contributed by atoms with Crippen molar-refractivity contribution in [1.82, 2.24) is 5.32 Å². The zero-order chi connectivity index (χ0) is 45.8. The number of allylic oxidation sites excluding steroid dienone is 1. The maximum absolute atomic E-state index is 12.5. The molecule has 0 aliphatic rings. The van der Waals surface area contributed by atoms with Crippen LogP contribution in [0.2, 0.25) is 0 Å². The third-order valence-corrected chi connectivity index (χ3v) is 13.3. The highest BCUT2D eigenvalue weighted by Crippen LogP contribution is 2.17. The fourth-order valence-electron chi connectivity index (χ4n) is 8.93. The number of aliphatic hydroxyl groups is 2. The van der Waals surface area contributed by atoms with E-state index in [1.54, 1.807) is 6.08 Å². The van der Waals surface area contributed by atoms with Gasteiger partial charge >= 0.3 is 5.97 Å². The van der Waals surface area contributed by atoms with Gasteiger partial charge in [-0.15, -0.1) is 0 Å². The van der Waals surface area contributed by atoms with E-state index in [4.69, 9.17) is 4.74 Å². The summed E-state index contributed by atoms with van der Waals surface area (Å²) in [6, 6.07) is -0.630. The molecule has 0 aromatic rings. The van der Waals surface area contributed by atoms with Crippen molar-refractivity contribution in [2.75, 3.05) is 13.2 Å². The Bertz CT molecular complexity index is 939. The first-order chi connectivity index (χ1) is 31.0. The molecule has 374 valence electrons. The molecule has 1 amide bonds. The van der Waals surface area contributed by atoms with Gasteiger partial charge in [0.05, 0.1) is 25.4 Å². The Hall–Kier alpha value is -1.40. The van der Waals surface area contributed by atoms with E-state index in [0.717, 1.165) is 38.5 Å². The summed E-state index contributed by atoms with van der Waals surface area (Å²) in [4.78, 5) is 24.4. The fraction of sp³-hybridized carbons (Fsp3) is 0.930. The van der Waals surface area contributed by atoms with Gasteiger partial charge in [0, 0.05) is 12.8 Å². The van der Waals surface area contributed by atoms with Crippen LogP contribution in [0.3, 0.4) is 0 Å². The van der Waals surface area contributed by atoms with E-state index in [1.165, 1.54) is 250 Å². The molecule has 0 aromatic carbocycles. The summed E-state index contributed by atoms with van der Waals surface area (Å²) < 4.78 is 5.46. The molecule has 0 heterocycles. The fourth-order valence-corrected chi connectivity index (χ4v) is 8.93. The molecule has 6 heteroatoms. The molecular formula is C57H111NO5. The number of carbonyl (C=O) groups is 2. The zero-order valence-electron chi connectivity index (χ0n) is 42.6. The highest BCUT2D eigenvalue weighted by atomic mass is 16.5. The molecular weight excluding hydrogens is 779 g/mol. The third kappa shape index (κ3) is 49.9. The smallest absolute Gasteiger partial charge is 0.305 e. The number of esters is 1. The zero-order valence-corrected chi connectivity index (χ0v) is 42.6. The SMILES string of the molecule is CCCCCCCCCCCCCCCCC/C=C/C(O)C(CO)NC(=O)CCCCCCCCCCCCCCCCCCCCOC(=O)CCCCCCCCCCCCC. The monoisotopic (exact) mass is 890 g/mol. The van der Waals surface area contributed by atoms with Crippen molar-refractivity contribution in [2.45, 2.75) is 328 Å². The van der Waals surface area contributed by atoms with E-state index in [1.807, 2.05) is 6.08 Å². The number of aliphatic hydroxyl groups excluding tert-OH is 2. The summed E-state index contributed by atoms with van der Waals surface area (Å²) >= 11 is 0. The van der Waals surface area contributed by atoms with Gasteiger partial charge in [-0.2, -0.15) is 0 Å². The Balaban J connectivity index is 3.44. The summed E-state index contributed by atoms with van der Waals surface area (Å²) in [7, 11) is 0. The first-order valence-electron chi connectivity index (χ1n) is 28.5. The largest absolute Gasteiger partial charge is 0.466 e. The van der Waals surface area contributed by atoms with Gasteiger partial charge in [-0.05, 0) is 32.1 Å². The van der Waals surface area contributed by atoms with Gasteiger partial charge in [0.2, 0.25) is 5.91 Å². The van der Waals surface area contributed by atoms with E-state index in [9.17, 15) is 19.8 Å². The molecule has 0 saturated carbocycles. The lowest BCUT2D eigenvalue weighted by Crippen LogP contribution is -2.45. The van der Waals surface area contributed by atoms with Crippen molar-refractivity contribution in [3.05, 3.63) is 12.2 Å². The second kappa shape index (κ2) is 53.2. The Kier molecular flexibility index (Phi) is 52.0. The van der Waals surface area contributed by atoms with Gasteiger partial charge in [0.1, 0.15) is 0 Å². The van der Waals surface area contributed by atoms with Crippen LogP contribution in [-0.4, -0.2) is 47.4 Å². The number of hydrogen-bond acceptors (Lipinski definition) is 5. The molecule has 0 aliphatic heterocycles. The second-order valence-corrected chi connectivity index (χ2v) is 19.6. The van der Waals surface area contributed by atoms with Crippen molar-refractivity contribution in [1.29, 1.82) is 0 Å². The minimum absolute atomic E-state index is 0.00660. The highest BCUT2D eigenvalue weighted by molar-refractivity contribution is 5.76. The molecule has 0 rings (SSSR count). The maximum atomic E-state index is 12.5. The average molecular weight is 891 g/mol. The lowest BCUT2D eigenvalue weighted by atomic mass is 10.0. The topological polar surface area (TPSA) is 95.9 Å². The Morgan fingerprint density at radius 2 is 0.730 bits per heavy atom. The van der Waals surface area contributed by atoms with Gasteiger partial charge in [-0.3, -0.25) is 9.59 Å². The van der Waals surface area contributed by atoms with Crippen molar-refractivity contribution in [3.8, 4) is 0 Å². The summed E-state index contributed by atoms with van der Waals surface area (Å²) in [5, 5.41) is 23.1. The predicted molar refractivity (Wildman–Crippen MR) is 273 cm³/mol. The van der Waals surface area contributed by atoms with E-state index in [2.05, 4.69) is 19.2 Å². The van der Waals surface area contributed by atoms with Gasteiger partial charge in [0.25, 0.3) is 0 Å². The van der Waals surface area contributed by atoms with Crippen molar-refractivity contribution in [2.24, 2.45) is 0 Å². The molecule has 0 aromatic heterocycles. The summed E-state index contributed by atoms with van der Waals surface area (Å²) in [5.41, 5.74) is 0. The Morgan fingerprint density at radius 3 is 1.08 bits per heavy atom. The van der Waals surface area contributed by atoms with E-state index in [-0.39, 0.29) is 18.5 Å². The summed E-state index contributed by atoms with van der Waals surface area (Å²) in [6.45, 7) is 4.91. The van der Waals surface area contributed by atoms with Crippen LogP contribution in [0.5, 0.6) is 0 Å². The average Bonchev–Trinajstić information content (AvgIpc) is 3.28. The molecule has 0 aliphatic carbocycles. The standard InChI is InChI=1S/C57H111NO5/c1-3-5-7-9-11-13-15-16-17-20-23-26-30-33-37-41-45-49-55(60)54(53-59)58-56(61)50-46-42-38-34-31-27-24-21-18-19-22-25-28-32-36-40-44-48-52-63-57(62)51-47-43-39-35-29-14-12-10-8-6-4-2/h45,49,54-55,59-60H,3-44,46-48,50-53H2,1-2H3,(H,58,61)/b49-45+. The molecule has 2 atom stereocenters. The number of carbonyl (C=O) groups excluding carboxylic acids is 2. The molecule has 2 unspecified atom stereocenters. The van der Waals surface area contributed by atoms with Crippen molar-refractivity contribution >= 4 is 11.9 Å². The lowest BCUT2D eigenvalue weighted by molar-refractivity contribution is -0.143. The van der Waals surface area contributed by atoms with Crippen LogP contribution in [0.15, 0.2) is 12.2 Å². The van der Waals surface area contributed by atoms with Gasteiger partial charge < -0.3 is 20.3 Å². The molecule has 0 fully saturated rings. The third-order valence-electron chi connectivity index (χ3n) is 13.3. The minimum atomic E-state index is -0.846. The highest BCUT2D eigenvalue weighted by Gasteiger charge is 2.18. The minimum Gasteiger partial charge on any atom is -0.466 e. The molecule has 63 heavy (non-hydrogen) atoms. The van der Waals surface area contributed by atoms with Crippen LogP contribution >= 0.6 is 0 Å². The van der Waals surface area contributed by atoms with Crippen LogP contribution in [0.4, 0.5) is 0 Å². The van der Waals surface area contributed by atoms with Crippen LogP contribution in [0, 0.1) is 0 Å². The quantitative estimate of drug-likeness (QED) is 0.0321. The van der Waals surface area contributed by atoms with E-state index >= 15 is 0 Å². The molecule has 0 radical (unpaired) electrons. The second-order valence-electron chi connectivity index (χ2n) is 19.6. The van der Waals surface area contributed by atoms with Crippen LogP contribution in [0.1, 0.15) is 316 Å². The number of ether oxygens (including phenoxy) is 1. The summed E-state index contributed by atoms with van der Waals surface area (Å²) in [6.07, 6.45) is 62.3. The van der Waals surface area contributed by atoms with Gasteiger partial charge in [0.15, 0.2) is 0 Å². The van der Waals surface area contributed by atoms with E-state index < -0.39 is 12.1 Å². The van der Waals surface area contributed by atoms with Crippen molar-refractivity contribution in [3.63, 3.8) is 0 Å². The van der Waals surface area contributed by atoms with E-state index in [0.29, 0.717) is 19.4 Å². The number of amides is 1. The number of rotatable bonds is 53. The first kappa shape index (κ1) is 61.6. The molecule has 6 nitrogen and oxygen atoms in total. The summed E-state index contributed by atoms with van der Waals surface area (Å²) in [5.74, 6) is -0.0630. The Labute approximate surface area is 393 Å². The molecule has 0 saturated heterocycles. The molecule has 0 bridgehead atoms. The van der Waals surface area contributed by atoms with Gasteiger partial charge in [-0.1, -0.05) is 283 Å². The normalized spacial score (nSPS) is 12.6. The molecule has 3 N–H and O–H groups in total. The molecule has 0 spiro atoms. The Morgan fingerprint density at radius 1 is 0.429 bits per heavy atom. The predicted octanol–water partition coefficient (Wildman–Crippen LogP) is 17.3. The number of nitrogens with one attached hydrogen (secondary N) is 1. The van der Waals surface area contributed by atoms with Crippen LogP contribution in [-0.2, 0) is 14.3 Å².